The zero-order valence-electron chi connectivity index (χ0n) is 8.81. The van der Waals surface area contributed by atoms with Gasteiger partial charge in [0.25, 0.3) is 12.3 Å². The number of rotatable bonds is 5. The second-order valence-corrected chi connectivity index (χ2v) is 3.26. The van der Waals surface area contributed by atoms with Gasteiger partial charge < -0.3 is 10.0 Å². The van der Waals surface area contributed by atoms with E-state index < -0.39 is 31.3 Å². The second kappa shape index (κ2) is 6.19. The molecule has 0 aliphatic carbocycles. The van der Waals surface area contributed by atoms with Gasteiger partial charge >= 0.3 is 0 Å². The van der Waals surface area contributed by atoms with Gasteiger partial charge in [0.1, 0.15) is 5.82 Å². The molecule has 0 fully saturated rings. The lowest BCUT2D eigenvalue weighted by Gasteiger charge is -2.21. The highest BCUT2D eigenvalue weighted by Gasteiger charge is 2.19. The van der Waals surface area contributed by atoms with Crippen LogP contribution in [0.3, 0.4) is 0 Å². The number of nitrogens with zero attached hydrogens (tertiary/aromatic N) is 2. The maximum absolute atomic E-state index is 12.8. The van der Waals surface area contributed by atoms with Gasteiger partial charge in [-0.1, -0.05) is 0 Å². The Morgan fingerprint density at radius 1 is 1.47 bits per heavy atom. The minimum atomic E-state index is -2.72. The van der Waals surface area contributed by atoms with Gasteiger partial charge in [-0.25, -0.2) is 13.2 Å². The molecule has 0 saturated carbocycles. The predicted molar refractivity (Wildman–Crippen MR) is 53.2 cm³/mol. The van der Waals surface area contributed by atoms with Crippen molar-refractivity contribution >= 4 is 5.91 Å². The van der Waals surface area contributed by atoms with Gasteiger partial charge in [-0.3, -0.25) is 9.78 Å². The summed E-state index contributed by atoms with van der Waals surface area (Å²) in [5, 5.41) is 8.67. The van der Waals surface area contributed by atoms with Crippen LogP contribution in [-0.2, 0) is 0 Å². The van der Waals surface area contributed by atoms with E-state index in [1.165, 1.54) is 0 Å². The fourth-order valence-electron chi connectivity index (χ4n) is 1.27. The van der Waals surface area contributed by atoms with Crippen LogP contribution in [0.1, 0.15) is 10.4 Å². The van der Waals surface area contributed by atoms with Gasteiger partial charge in [0.15, 0.2) is 0 Å². The van der Waals surface area contributed by atoms with Crippen LogP contribution in [0.5, 0.6) is 0 Å². The van der Waals surface area contributed by atoms with E-state index in [9.17, 15) is 18.0 Å². The Bertz CT molecular complexity index is 388. The summed E-state index contributed by atoms with van der Waals surface area (Å²) in [5.74, 6) is -1.51. The third kappa shape index (κ3) is 4.03. The van der Waals surface area contributed by atoms with Crippen LogP contribution >= 0.6 is 0 Å². The van der Waals surface area contributed by atoms with E-state index in [-0.39, 0.29) is 12.1 Å². The van der Waals surface area contributed by atoms with Gasteiger partial charge in [-0.2, -0.15) is 0 Å². The van der Waals surface area contributed by atoms with Crippen molar-refractivity contribution in [1.82, 2.24) is 9.88 Å². The van der Waals surface area contributed by atoms with E-state index in [1.807, 2.05) is 0 Å². The average molecular weight is 248 g/mol. The van der Waals surface area contributed by atoms with Gasteiger partial charge in [0, 0.05) is 12.7 Å². The maximum Gasteiger partial charge on any atom is 0.255 e. The van der Waals surface area contributed by atoms with E-state index in [0.29, 0.717) is 0 Å². The second-order valence-electron chi connectivity index (χ2n) is 3.26. The van der Waals surface area contributed by atoms with Crippen LogP contribution in [-0.4, -0.2) is 47.0 Å². The third-order valence-electron chi connectivity index (χ3n) is 1.97. The van der Waals surface area contributed by atoms with Crippen LogP contribution < -0.4 is 0 Å². The number of halogens is 3. The Kier molecular flexibility index (Phi) is 4.89. The van der Waals surface area contributed by atoms with E-state index in [1.54, 1.807) is 0 Å². The Morgan fingerprint density at radius 2 is 2.18 bits per heavy atom. The molecule has 4 nitrogen and oxygen atoms in total. The maximum atomic E-state index is 12.8. The van der Waals surface area contributed by atoms with Crippen LogP contribution in [0.2, 0.25) is 0 Å². The first-order valence-corrected chi connectivity index (χ1v) is 4.83. The number of alkyl halides is 2. The summed E-state index contributed by atoms with van der Waals surface area (Å²) >= 11 is 0. The summed E-state index contributed by atoms with van der Waals surface area (Å²) in [5.41, 5.74) is -0.126. The largest absolute Gasteiger partial charge is 0.395 e. The fourth-order valence-corrected chi connectivity index (χ4v) is 1.27. The smallest absolute Gasteiger partial charge is 0.255 e. The molecule has 1 rings (SSSR count). The zero-order valence-corrected chi connectivity index (χ0v) is 8.81. The number of carbonyl (C=O) groups excluding carboxylic acids is 1. The number of aliphatic hydroxyl groups excluding tert-OH is 1. The molecule has 0 radical (unpaired) electrons. The van der Waals surface area contributed by atoms with Gasteiger partial charge in [0.05, 0.1) is 24.9 Å². The van der Waals surface area contributed by atoms with Crippen molar-refractivity contribution in [3.63, 3.8) is 0 Å². The topological polar surface area (TPSA) is 53.4 Å². The Balaban J connectivity index is 2.83. The van der Waals surface area contributed by atoms with Crippen molar-refractivity contribution in [3.8, 4) is 0 Å². The molecule has 0 saturated heterocycles. The van der Waals surface area contributed by atoms with E-state index in [0.717, 1.165) is 23.4 Å². The average Bonchev–Trinajstić information content (AvgIpc) is 2.27. The monoisotopic (exact) mass is 248 g/mol. The summed E-state index contributed by atoms with van der Waals surface area (Å²) in [6, 6.07) is 0.908. The molecule has 0 atom stereocenters. The van der Waals surface area contributed by atoms with E-state index in [4.69, 9.17) is 5.11 Å². The van der Waals surface area contributed by atoms with E-state index >= 15 is 0 Å². The molecule has 17 heavy (non-hydrogen) atoms. The van der Waals surface area contributed by atoms with Crippen molar-refractivity contribution in [2.75, 3.05) is 19.7 Å². The van der Waals surface area contributed by atoms with Crippen LogP contribution in [0, 0.1) is 5.82 Å². The molecular weight excluding hydrogens is 237 g/mol. The lowest BCUT2D eigenvalue weighted by Crippen LogP contribution is -2.37. The number of pyridine rings is 1. The molecule has 7 heteroatoms. The molecule has 1 aromatic heterocycles. The van der Waals surface area contributed by atoms with Gasteiger partial charge in [-0.15, -0.1) is 0 Å². The summed E-state index contributed by atoms with van der Waals surface area (Å²) in [4.78, 5) is 15.9. The molecule has 0 aliphatic rings. The molecule has 0 aliphatic heterocycles. The summed E-state index contributed by atoms with van der Waals surface area (Å²) < 4.78 is 37.2. The lowest BCUT2D eigenvalue weighted by atomic mass is 10.2. The number of aliphatic hydroxyl groups is 1. The first kappa shape index (κ1) is 13.4. The van der Waals surface area contributed by atoms with Crippen molar-refractivity contribution in [2.24, 2.45) is 0 Å². The van der Waals surface area contributed by atoms with Gasteiger partial charge in [-0.05, 0) is 6.07 Å². The van der Waals surface area contributed by atoms with Crippen LogP contribution in [0.4, 0.5) is 13.2 Å². The minimum absolute atomic E-state index is 0.126. The Hall–Kier alpha value is -1.63. The van der Waals surface area contributed by atoms with Crippen molar-refractivity contribution in [3.05, 3.63) is 29.8 Å². The van der Waals surface area contributed by atoms with Crippen molar-refractivity contribution in [1.29, 1.82) is 0 Å². The molecular formula is C10H11F3N2O2. The molecule has 1 amide bonds. The number of carbonyl (C=O) groups is 1. The standard InChI is InChI=1S/C10H11F3N2O2/c11-8-3-7(4-14-5-8)10(17)15(1-2-16)6-9(12)13/h3-5,9,16H,1-2,6H2. The third-order valence-corrected chi connectivity index (χ3v) is 1.97. The number of aromatic nitrogens is 1. The molecule has 0 unspecified atom stereocenters. The van der Waals surface area contributed by atoms with Crippen molar-refractivity contribution < 1.29 is 23.1 Å². The van der Waals surface area contributed by atoms with E-state index in [2.05, 4.69) is 4.98 Å². The minimum Gasteiger partial charge on any atom is -0.395 e. The van der Waals surface area contributed by atoms with Crippen LogP contribution in [0.15, 0.2) is 18.5 Å². The molecule has 0 bridgehead atoms. The molecule has 94 valence electrons. The predicted octanol–water partition coefficient (Wildman–Crippen LogP) is 0.920. The number of hydrogen-bond acceptors (Lipinski definition) is 3. The molecule has 0 aromatic carbocycles. The Labute approximate surface area is 95.7 Å². The molecule has 1 heterocycles. The molecule has 1 aromatic rings. The number of amides is 1. The first-order chi connectivity index (χ1) is 8.04. The number of hydrogen-bond donors (Lipinski definition) is 1. The van der Waals surface area contributed by atoms with Gasteiger partial charge in [0.2, 0.25) is 0 Å². The highest BCUT2D eigenvalue weighted by Crippen LogP contribution is 2.07. The first-order valence-electron chi connectivity index (χ1n) is 4.83. The summed E-state index contributed by atoms with van der Waals surface area (Å²) in [6.07, 6.45) is -0.728. The normalized spacial score (nSPS) is 10.6. The Morgan fingerprint density at radius 3 is 2.71 bits per heavy atom. The van der Waals surface area contributed by atoms with Crippen molar-refractivity contribution in [2.45, 2.75) is 6.43 Å². The zero-order chi connectivity index (χ0) is 12.8. The highest BCUT2D eigenvalue weighted by atomic mass is 19.3. The highest BCUT2D eigenvalue weighted by molar-refractivity contribution is 5.93. The fraction of sp³-hybridized carbons (Fsp3) is 0.400. The molecule has 1 N–H and O–H groups in total. The molecule has 0 spiro atoms. The SMILES string of the molecule is O=C(c1cncc(F)c1)N(CCO)CC(F)F. The summed E-state index contributed by atoms with van der Waals surface area (Å²) in [7, 11) is 0. The quantitative estimate of drug-likeness (QED) is 0.843. The summed E-state index contributed by atoms with van der Waals surface area (Å²) in [6.45, 7) is -1.49. The lowest BCUT2D eigenvalue weighted by molar-refractivity contribution is 0.0508. The van der Waals surface area contributed by atoms with Crippen LogP contribution in [0.25, 0.3) is 0 Å².